The number of carbonyl (C=O) groups excluding carboxylic acids is 1. The number of carboxylic acid groups (broad SMARTS) is 1. The third kappa shape index (κ3) is 3.51. The van der Waals surface area contributed by atoms with Crippen molar-refractivity contribution in [1.29, 1.82) is 0 Å². The topological polar surface area (TPSA) is 113 Å². The molecule has 0 bridgehead atoms. The second kappa shape index (κ2) is 6.40. The van der Waals surface area contributed by atoms with Gasteiger partial charge in [0.15, 0.2) is 5.54 Å². The highest BCUT2D eigenvalue weighted by molar-refractivity contribution is 7.92. The maximum absolute atomic E-state index is 12.4. The number of methoxy groups -OCH3 is 1. The lowest BCUT2D eigenvalue weighted by atomic mass is 10.0. The smallest absolute Gasteiger partial charge is 0.331 e. The summed E-state index contributed by atoms with van der Waals surface area (Å²) < 4.78 is 29.6. The van der Waals surface area contributed by atoms with Crippen molar-refractivity contribution in [2.24, 2.45) is 0 Å². The quantitative estimate of drug-likeness (QED) is 0.754. The summed E-state index contributed by atoms with van der Waals surface area (Å²) in [6.07, 6.45) is 1.63. The molecule has 132 valence electrons. The average Bonchev–Trinajstić information content (AvgIpc) is 2.90. The van der Waals surface area contributed by atoms with Crippen LogP contribution in [0, 0.1) is 0 Å². The van der Waals surface area contributed by atoms with Crippen LogP contribution in [0.1, 0.15) is 22.8 Å². The second-order valence-electron chi connectivity index (χ2n) is 5.95. The lowest BCUT2D eigenvalue weighted by Gasteiger charge is -2.25. The van der Waals surface area contributed by atoms with Gasteiger partial charge in [-0.15, -0.1) is 0 Å². The number of carbonyl (C=O) groups is 2. The highest BCUT2D eigenvalue weighted by Crippen LogP contribution is 2.30. The Morgan fingerprint density at radius 3 is 2.62 bits per heavy atom. The summed E-state index contributed by atoms with van der Waals surface area (Å²) in [5.41, 5.74) is 0.000335. The number of aliphatic carboxylic acids is 1. The number of benzene rings is 1. The van der Waals surface area contributed by atoms with Crippen molar-refractivity contribution in [1.82, 2.24) is 5.32 Å². The van der Waals surface area contributed by atoms with Gasteiger partial charge >= 0.3 is 5.97 Å². The molecule has 8 nitrogen and oxygen atoms in total. The minimum atomic E-state index is -3.36. The third-order valence-electron chi connectivity index (χ3n) is 3.89. The lowest BCUT2D eigenvalue weighted by Crippen LogP contribution is -2.55. The van der Waals surface area contributed by atoms with Crippen molar-refractivity contribution in [2.45, 2.75) is 18.9 Å². The molecule has 0 aliphatic carbocycles. The zero-order valence-electron chi connectivity index (χ0n) is 13.7. The molecule has 0 spiro atoms. The van der Waals surface area contributed by atoms with E-state index in [1.54, 1.807) is 12.1 Å². The summed E-state index contributed by atoms with van der Waals surface area (Å²) in [6.45, 7) is 1.51. The molecule has 1 aliphatic heterocycles. The van der Waals surface area contributed by atoms with E-state index in [9.17, 15) is 23.1 Å². The molecular weight excluding hydrogens is 336 g/mol. The molecule has 0 saturated heterocycles. The predicted molar refractivity (Wildman–Crippen MR) is 87.7 cm³/mol. The van der Waals surface area contributed by atoms with Gasteiger partial charge in [-0.25, -0.2) is 13.2 Å². The molecule has 0 aromatic heterocycles. The van der Waals surface area contributed by atoms with Crippen LogP contribution >= 0.6 is 0 Å². The van der Waals surface area contributed by atoms with Gasteiger partial charge in [0.1, 0.15) is 0 Å². The van der Waals surface area contributed by atoms with Gasteiger partial charge in [0.25, 0.3) is 5.91 Å². The molecular formula is C15H20N2O6S. The van der Waals surface area contributed by atoms with E-state index in [2.05, 4.69) is 5.32 Å². The van der Waals surface area contributed by atoms with Gasteiger partial charge in [0, 0.05) is 19.2 Å². The van der Waals surface area contributed by atoms with E-state index in [-0.39, 0.29) is 12.2 Å². The molecule has 0 saturated carbocycles. The SMILES string of the molecule is COCC(C)(NC(=O)c1ccc2c(c1)CCN2S(C)(=O)=O)C(=O)O. The van der Waals surface area contributed by atoms with Crippen LogP contribution in [0.4, 0.5) is 5.69 Å². The van der Waals surface area contributed by atoms with Crippen molar-refractivity contribution < 1.29 is 27.9 Å². The number of carboxylic acids is 1. The van der Waals surface area contributed by atoms with Gasteiger partial charge in [-0.3, -0.25) is 9.10 Å². The lowest BCUT2D eigenvalue weighted by molar-refractivity contribution is -0.145. The molecule has 1 aromatic carbocycles. The van der Waals surface area contributed by atoms with E-state index in [0.29, 0.717) is 18.7 Å². The molecule has 0 radical (unpaired) electrons. The molecule has 1 atom stereocenters. The van der Waals surface area contributed by atoms with Gasteiger partial charge in [-0.2, -0.15) is 0 Å². The molecule has 9 heteroatoms. The Labute approximate surface area is 140 Å². The van der Waals surface area contributed by atoms with Crippen LogP contribution in [0.5, 0.6) is 0 Å². The van der Waals surface area contributed by atoms with Crippen molar-refractivity contribution in [2.75, 3.05) is 30.8 Å². The van der Waals surface area contributed by atoms with Crippen LogP contribution in [0.25, 0.3) is 0 Å². The van der Waals surface area contributed by atoms with Crippen LogP contribution in [0.2, 0.25) is 0 Å². The normalized spacial score (nSPS) is 16.4. The van der Waals surface area contributed by atoms with E-state index in [1.807, 2.05) is 0 Å². The first-order valence-corrected chi connectivity index (χ1v) is 9.09. The van der Waals surface area contributed by atoms with Crippen LogP contribution < -0.4 is 9.62 Å². The highest BCUT2D eigenvalue weighted by atomic mass is 32.2. The third-order valence-corrected chi connectivity index (χ3v) is 5.07. The number of hydrogen-bond acceptors (Lipinski definition) is 5. The van der Waals surface area contributed by atoms with Gasteiger partial charge in [0.05, 0.1) is 18.6 Å². The number of fused-ring (bicyclic) bond motifs is 1. The van der Waals surface area contributed by atoms with Gasteiger partial charge < -0.3 is 15.2 Å². The maximum atomic E-state index is 12.4. The Morgan fingerprint density at radius 1 is 1.42 bits per heavy atom. The van der Waals surface area contributed by atoms with Crippen molar-refractivity contribution in [3.05, 3.63) is 29.3 Å². The van der Waals surface area contributed by atoms with Crippen LogP contribution in [0.15, 0.2) is 18.2 Å². The fourth-order valence-electron chi connectivity index (χ4n) is 2.62. The average molecular weight is 356 g/mol. The molecule has 1 aliphatic rings. The molecule has 24 heavy (non-hydrogen) atoms. The van der Waals surface area contributed by atoms with Crippen LogP contribution in [-0.2, 0) is 26.0 Å². The highest BCUT2D eigenvalue weighted by Gasteiger charge is 2.35. The number of amides is 1. The summed E-state index contributed by atoms with van der Waals surface area (Å²) in [4.78, 5) is 23.7. The summed E-state index contributed by atoms with van der Waals surface area (Å²) >= 11 is 0. The van der Waals surface area contributed by atoms with Crippen LogP contribution in [0.3, 0.4) is 0 Å². The predicted octanol–water partition coefficient (Wildman–Crippen LogP) is 0.228. The molecule has 2 N–H and O–H groups in total. The second-order valence-corrected chi connectivity index (χ2v) is 7.86. The summed E-state index contributed by atoms with van der Waals surface area (Å²) in [5, 5.41) is 11.7. The zero-order chi connectivity index (χ0) is 18.1. The first kappa shape index (κ1) is 18.2. The number of anilines is 1. The number of ether oxygens (including phenoxy) is 1. The molecule has 1 amide bonds. The number of rotatable bonds is 6. The number of sulfonamides is 1. The largest absolute Gasteiger partial charge is 0.479 e. The Bertz CT molecular complexity index is 776. The van der Waals surface area contributed by atoms with Crippen molar-refractivity contribution in [3.63, 3.8) is 0 Å². The monoisotopic (exact) mass is 356 g/mol. The fraction of sp³-hybridized carbons (Fsp3) is 0.467. The number of nitrogens with one attached hydrogen (secondary N) is 1. The molecule has 0 fully saturated rings. The van der Waals surface area contributed by atoms with Gasteiger partial charge in [-0.05, 0) is 37.1 Å². The summed E-state index contributed by atoms with van der Waals surface area (Å²) in [5.74, 6) is -1.76. The van der Waals surface area contributed by atoms with E-state index < -0.39 is 27.4 Å². The minimum absolute atomic E-state index is 0.180. The Kier molecular flexibility index (Phi) is 4.86. The Balaban J connectivity index is 2.26. The molecule has 1 aromatic rings. The first-order valence-electron chi connectivity index (χ1n) is 7.24. The van der Waals surface area contributed by atoms with Gasteiger partial charge in [0.2, 0.25) is 10.0 Å². The zero-order valence-corrected chi connectivity index (χ0v) is 14.5. The Hall–Kier alpha value is -2.13. The number of nitrogens with zero attached hydrogens (tertiary/aromatic N) is 1. The van der Waals surface area contributed by atoms with Crippen LogP contribution in [-0.4, -0.2) is 57.5 Å². The number of hydrogen-bond donors (Lipinski definition) is 2. The van der Waals surface area contributed by atoms with Crippen molar-refractivity contribution in [3.8, 4) is 0 Å². The van der Waals surface area contributed by atoms with E-state index in [0.717, 1.165) is 11.8 Å². The van der Waals surface area contributed by atoms with E-state index in [1.165, 1.54) is 24.4 Å². The molecule has 2 rings (SSSR count). The standard InChI is InChI=1S/C15H20N2O6S/c1-15(9-23-2,14(19)20)16-13(18)11-4-5-12-10(8-11)6-7-17(12)24(3,21)22/h4-5,8H,6-7,9H2,1-3H3,(H,16,18)(H,19,20). The summed E-state index contributed by atoms with van der Waals surface area (Å²) in [6, 6.07) is 4.63. The minimum Gasteiger partial charge on any atom is -0.479 e. The summed E-state index contributed by atoms with van der Waals surface area (Å²) in [7, 11) is -2.01. The molecule has 1 unspecified atom stereocenters. The fourth-order valence-corrected chi connectivity index (χ4v) is 3.58. The van der Waals surface area contributed by atoms with Gasteiger partial charge in [-0.1, -0.05) is 0 Å². The van der Waals surface area contributed by atoms with Crippen molar-refractivity contribution >= 4 is 27.6 Å². The molecule has 1 heterocycles. The van der Waals surface area contributed by atoms with E-state index >= 15 is 0 Å². The first-order chi connectivity index (χ1) is 11.1. The maximum Gasteiger partial charge on any atom is 0.331 e. The van der Waals surface area contributed by atoms with E-state index in [4.69, 9.17) is 4.74 Å². The Morgan fingerprint density at radius 2 is 2.08 bits per heavy atom.